The molecule has 1 heterocycles. The van der Waals surface area contributed by atoms with Gasteiger partial charge >= 0.3 is 0 Å². The number of aryl methyl sites for hydroxylation is 1. The van der Waals surface area contributed by atoms with Gasteiger partial charge in [0.05, 0.1) is 0 Å². The number of benzene rings is 1. The molecule has 0 bridgehead atoms. The number of hydrogen-bond acceptors (Lipinski definition) is 4. The van der Waals surface area contributed by atoms with Crippen molar-refractivity contribution in [2.75, 3.05) is 18.9 Å². The fourth-order valence-electron chi connectivity index (χ4n) is 2.13. The Kier molecular flexibility index (Phi) is 6.09. The SMILES string of the molecule is CCCCN(C)C(=O)c1ccc(NCc2ccc(C)cc2)nn1. The van der Waals surface area contributed by atoms with Gasteiger partial charge in [-0.25, -0.2) is 0 Å². The van der Waals surface area contributed by atoms with E-state index < -0.39 is 0 Å². The zero-order valence-corrected chi connectivity index (χ0v) is 14.0. The number of carbonyl (C=O) groups excluding carboxylic acids is 1. The smallest absolute Gasteiger partial charge is 0.274 e. The van der Waals surface area contributed by atoms with Crippen molar-refractivity contribution in [3.63, 3.8) is 0 Å². The van der Waals surface area contributed by atoms with E-state index in [0.29, 0.717) is 18.1 Å². The maximum absolute atomic E-state index is 12.2. The molecule has 1 amide bonds. The molecular formula is C18H24N4O. The monoisotopic (exact) mass is 312 g/mol. The van der Waals surface area contributed by atoms with Crippen molar-refractivity contribution in [3.8, 4) is 0 Å². The second-order valence-electron chi connectivity index (χ2n) is 5.72. The van der Waals surface area contributed by atoms with Crippen LogP contribution in [-0.4, -0.2) is 34.6 Å². The van der Waals surface area contributed by atoms with Gasteiger partial charge < -0.3 is 10.2 Å². The van der Waals surface area contributed by atoms with Gasteiger partial charge in [0.2, 0.25) is 0 Å². The van der Waals surface area contributed by atoms with Gasteiger partial charge in [-0.1, -0.05) is 43.2 Å². The van der Waals surface area contributed by atoms with Crippen molar-refractivity contribution in [1.29, 1.82) is 0 Å². The molecule has 1 N–H and O–H groups in total. The summed E-state index contributed by atoms with van der Waals surface area (Å²) in [5.74, 6) is 0.578. The first kappa shape index (κ1) is 16.9. The summed E-state index contributed by atoms with van der Waals surface area (Å²) in [4.78, 5) is 13.9. The third kappa shape index (κ3) is 5.06. The van der Waals surface area contributed by atoms with Gasteiger partial charge in [0.25, 0.3) is 5.91 Å². The summed E-state index contributed by atoms with van der Waals surface area (Å²) in [6.45, 7) is 5.59. The fraction of sp³-hybridized carbons (Fsp3) is 0.389. The molecule has 0 saturated heterocycles. The number of rotatable bonds is 7. The van der Waals surface area contributed by atoms with Crippen LogP contribution in [0, 0.1) is 6.92 Å². The molecule has 0 radical (unpaired) electrons. The van der Waals surface area contributed by atoms with E-state index in [1.807, 2.05) is 0 Å². The summed E-state index contributed by atoms with van der Waals surface area (Å²) in [6, 6.07) is 11.8. The molecule has 0 saturated carbocycles. The van der Waals surface area contributed by atoms with Crippen LogP contribution in [0.25, 0.3) is 0 Å². The minimum Gasteiger partial charge on any atom is -0.365 e. The Morgan fingerprint density at radius 2 is 1.87 bits per heavy atom. The molecule has 5 nitrogen and oxygen atoms in total. The molecule has 0 aliphatic carbocycles. The minimum absolute atomic E-state index is 0.0870. The molecule has 0 unspecified atom stereocenters. The number of amides is 1. The Morgan fingerprint density at radius 1 is 1.13 bits per heavy atom. The highest BCUT2D eigenvalue weighted by molar-refractivity contribution is 5.92. The average molecular weight is 312 g/mol. The number of nitrogens with one attached hydrogen (secondary N) is 1. The Bertz CT molecular complexity index is 622. The summed E-state index contributed by atoms with van der Waals surface area (Å²) in [7, 11) is 1.79. The van der Waals surface area contributed by atoms with Crippen LogP contribution in [-0.2, 0) is 6.54 Å². The van der Waals surface area contributed by atoms with Crippen LogP contribution < -0.4 is 5.32 Å². The van der Waals surface area contributed by atoms with E-state index >= 15 is 0 Å². The molecule has 0 fully saturated rings. The van der Waals surface area contributed by atoms with Gasteiger partial charge in [-0.15, -0.1) is 10.2 Å². The quantitative estimate of drug-likeness (QED) is 0.852. The first-order valence-corrected chi connectivity index (χ1v) is 7.98. The van der Waals surface area contributed by atoms with Crippen LogP contribution in [0.15, 0.2) is 36.4 Å². The predicted octanol–water partition coefficient (Wildman–Crippen LogP) is 3.27. The van der Waals surface area contributed by atoms with Crippen LogP contribution >= 0.6 is 0 Å². The van der Waals surface area contributed by atoms with Gasteiger partial charge in [-0.2, -0.15) is 0 Å². The van der Waals surface area contributed by atoms with E-state index in [9.17, 15) is 4.79 Å². The van der Waals surface area contributed by atoms with Crippen molar-refractivity contribution in [2.24, 2.45) is 0 Å². The maximum atomic E-state index is 12.2. The first-order chi connectivity index (χ1) is 11.1. The van der Waals surface area contributed by atoms with Gasteiger partial charge in [-0.05, 0) is 31.0 Å². The van der Waals surface area contributed by atoms with Gasteiger partial charge in [-0.3, -0.25) is 4.79 Å². The lowest BCUT2D eigenvalue weighted by atomic mass is 10.1. The topological polar surface area (TPSA) is 58.1 Å². The van der Waals surface area contributed by atoms with Crippen LogP contribution in [0.1, 0.15) is 41.4 Å². The average Bonchev–Trinajstić information content (AvgIpc) is 2.59. The zero-order valence-electron chi connectivity index (χ0n) is 14.0. The molecule has 122 valence electrons. The summed E-state index contributed by atoms with van der Waals surface area (Å²) in [5.41, 5.74) is 2.80. The predicted molar refractivity (Wildman–Crippen MR) is 92.4 cm³/mol. The van der Waals surface area contributed by atoms with E-state index in [4.69, 9.17) is 0 Å². The number of hydrogen-bond donors (Lipinski definition) is 1. The lowest BCUT2D eigenvalue weighted by Crippen LogP contribution is -2.28. The molecular weight excluding hydrogens is 288 g/mol. The Labute approximate surface area is 137 Å². The highest BCUT2D eigenvalue weighted by Crippen LogP contribution is 2.08. The molecule has 1 aromatic carbocycles. The molecule has 0 aliphatic heterocycles. The van der Waals surface area contributed by atoms with Crippen LogP contribution in [0.5, 0.6) is 0 Å². The molecule has 2 aromatic rings. The van der Waals surface area contributed by atoms with E-state index in [1.54, 1.807) is 24.1 Å². The highest BCUT2D eigenvalue weighted by Gasteiger charge is 2.13. The van der Waals surface area contributed by atoms with Crippen LogP contribution in [0.3, 0.4) is 0 Å². The fourth-order valence-corrected chi connectivity index (χ4v) is 2.13. The number of aromatic nitrogens is 2. The van der Waals surface area contributed by atoms with Crippen molar-refractivity contribution in [1.82, 2.24) is 15.1 Å². The lowest BCUT2D eigenvalue weighted by molar-refractivity contribution is 0.0786. The van der Waals surface area contributed by atoms with E-state index in [-0.39, 0.29) is 5.91 Å². The summed E-state index contributed by atoms with van der Waals surface area (Å²) >= 11 is 0. The van der Waals surface area contributed by atoms with Crippen LogP contribution in [0.2, 0.25) is 0 Å². The molecule has 5 heteroatoms. The lowest BCUT2D eigenvalue weighted by Gasteiger charge is -2.15. The maximum Gasteiger partial charge on any atom is 0.274 e. The van der Waals surface area contributed by atoms with Crippen molar-refractivity contribution < 1.29 is 4.79 Å². The van der Waals surface area contributed by atoms with E-state index in [2.05, 4.69) is 53.6 Å². The molecule has 1 aromatic heterocycles. The number of carbonyl (C=O) groups is 1. The Morgan fingerprint density at radius 3 is 2.48 bits per heavy atom. The highest BCUT2D eigenvalue weighted by atomic mass is 16.2. The van der Waals surface area contributed by atoms with Crippen LogP contribution in [0.4, 0.5) is 5.82 Å². The van der Waals surface area contributed by atoms with E-state index in [1.165, 1.54) is 11.1 Å². The second-order valence-corrected chi connectivity index (χ2v) is 5.72. The normalized spacial score (nSPS) is 10.4. The van der Waals surface area contributed by atoms with Gasteiger partial charge in [0.1, 0.15) is 5.82 Å². The number of unbranched alkanes of at least 4 members (excludes halogenated alkanes) is 1. The van der Waals surface area contributed by atoms with E-state index in [0.717, 1.165) is 19.4 Å². The third-order valence-electron chi connectivity index (χ3n) is 3.67. The first-order valence-electron chi connectivity index (χ1n) is 7.98. The summed E-state index contributed by atoms with van der Waals surface area (Å²) in [6.07, 6.45) is 2.05. The van der Waals surface area contributed by atoms with Crippen molar-refractivity contribution >= 4 is 11.7 Å². The molecule has 23 heavy (non-hydrogen) atoms. The minimum atomic E-state index is -0.0870. The third-order valence-corrected chi connectivity index (χ3v) is 3.67. The Balaban J connectivity index is 1.91. The summed E-state index contributed by atoms with van der Waals surface area (Å²) in [5, 5.41) is 11.3. The second kappa shape index (κ2) is 8.27. The van der Waals surface area contributed by atoms with Gasteiger partial charge in [0.15, 0.2) is 5.69 Å². The largest absolute Gasteiger partial charge is 0.365 e. The molecule has 0 spiro atoms. The van der Waals surface area contributed by atoms with Crippen molar-refractivity contribution in [2.45, 2.75) is 33.2 Å². The Hall–Kier alpha value is -2.43. The molecule has 0 atom stereocenters. The molecule has 0 aliphatic rings. The van der Waals surface area contributed by atoms with Crippen molar-refractivity contribution in [3.05, 3.63) is 53.2 Å². The molecule has 2 rings (SSSR count). The number of nitrogens with zero attached hydrogens (tertiary/aromatic N) is 3. The summed E-state index contributed by atoms with van der Waals surface area (Å²) < 4.78 is 0. The standard InChI is InChI=1S/C18H24N4O/c1-4-5-12-22(3)18(23)16-10-11-17(21-20-16)19-13-15-8-6-14(2)7-9-15/h6-11H,4-5,12-13H2,1-3H3,(H,19,21). The zero-order chi connectivity index (χ0) is 16.7. The van der Waals surface area contributed by atoms with Gasteiger partial charge in [0, 0.05) is 20.1 Å². The number of anilines is 1.